The second kappa shape index (κ2) is 4.79. The van der Waals surface area contributed by atoms with Gasteiger partial charge in [-0.3, -0.25) is 5.10 Å². The van der Waals surface area contributed by atoms with Crippen molar-refractivity contribution in [2.24, 2.45) is 0 Å². The summed E-state index contributed by atoms with van der Waals surface area (Å²) in [7, 11) is 1.99. The zero-order valence-corrected chi connectivity index (χ0v) is 9.93. The van der Waals surface area contributed by atoms with Crippen LogP contribution in [0.1, 0.15) is 12.6 Å². The largest absolute Gasteiger partial charge is 0.306 e. The second-order valence-electron chi connectivity index (χ2n) is 4.13. The lowest BCUT2D eigenvalue weighted by atomic mass is 10.1. The lowest BCUT2D eigenvalue weighted by Gasteiger charge is -2.12. The van der Waals surface area contributed by atoms with E-state index in [1.165, 1.54) is 6.07 Å². The Morgan fingerprint density at radius 2 is 2.12 bits per heavy atom. The van der Waals surface area contributed by atoms with Crippen LogP contribution in [0, 0.1) is 11.6 Å². The Kier molecular flexibility index (Phi) is 3.38. The Labute approximate surface area is 98.4 Å². The Morgan fingerprint density at radius 3 is 2.82 bits per heavy atom. The Morgan fingerprint density at radius 1 is 1.35 bits per heavy atom. The van der Waals surface area contributed by atoms with Gasteiger partial charge in [0, 0.05) is 30.8 Å². The van der Waals surface area contributed by atoms with Crippen molar-refractivity contribution in [3.05, 3.63) is 29.5 Å². The van der Waals surface area contributed by atoms with Gasteiger partial charge in [-0.05, 0) is 13.6 Å². The average molecular weight is 239 g/mol. The van der Waals surface area contributed by atoms with E-state index in [1.54, 1.807) is 0 Å². The summed E-state index contributed by atoms with van der Waals surface area (Å²) in [5.74, 6) is -1.15. The smallest absolute Gasteiger partial charge is 0.137 e. The van der Waals surface area contributed by atoms with Gasteiger partial charge in [0.25, 0.3) is 0 Å². The topological polar surface area (TPSA) is 31.9 Å². The Bertz CT molecular complexity index is 522. The van der Waals surface area contributed by atoms with Crippen LogP contribution in [0.2, 0.25) is 0 Å². The molecule has 0 atom stereocenters. The van der Waals surface area contributed by atoms with Crippen molar-refractivity contribution in [2.45, 2.75) is 13.3 Å². The number of aromatic amines is 1. The number of likely N-dealkylation sites (N-methyl/N-ethyl adjacent to an activating group) is 1. The zero-order chi connectivity index (χ0) is 12.4. The molecule has 0 saturated heterocycles. The van der Waals surface area contributed by atoms with Crippen LogP contribution in [0.15, 0.2) is 12.1 Å². The second-order valence-corrected chi connectivity index (χ2v) is 4.13. The van der Waals surface area contributed by atoms with Crippen molar-refractivity contribution >= 4 is 10.9 Å². The van der Waals surface area contributed by atoms with E-state index >= 15 is 0 Å². The maximum Gasteiger partial charge on any atom is 0.137 e. The molecule has 1 aromatic carbocycles. The van der Waals surface area contributed by atoms with Gasteiger partial charge >= 0.3 is 0 Å². The van der Waals surface area contributed by atoms with E-state index < -0.39 is 11.6 Å². The molecule has 1 aromatic heterocycles. The van der Waals surface area contributed by atoms with Crippen molar-refractivity contribution < 1.29 is 8.78 Å². The minimum atomic E-state index is -0.598. The van der Waals surface area contributed by atoms with Crippen molar-refractivity contribution in [1.29, 1.82) is 0 Å². The first-order valence-electron chi connectivity index (χ1n) is 5.62. The van der Waals surface area contributed by atoms with Gasteiger partial charge in [0.1, 0.15) is 11.6 Å². The number of fused-ring (bicyclic) bond motifs is 1. The molecule has 0 bridgehead atoms. The summed E-state index contributed by atoms with van der Waals surface area (Å²) in [6.07, 6.45) is 0.670. The molecule has 1 heterocycles. The molecule has 92 valence electrons. The van der Waals surface area contributed by atoms with Crippen LogP contribution in [0.25, 0.3) is 10.9 Å². The number of benzene rings is 1. The van der Waals surface area contributed by atoms with E-state index in [9.17, 15) is 8.78 Å². The number of halogens is 2. The first-order chi connectivity index (χ1) is 8.11. The van der Waals surface area contributed by atoms with Gasteiger partial charge in [-0.25, -0.2) is 8.78 Å². The van der Waals surface area contributed by atoms with Crippen molar-refractivity contribution in [1.82, 2.24) is 15.1 Å². The van der Waals surface area contributed by atoms with Crippen molar-refractivity contribution in [3.8, 4) is 0 Å². The van der Waals surface area contributed by atoms with Gasteiger partial charge in [-0.2, -0.15) is 5.10 Å². The molecule has 2 aromatic rings. The highest BCUT2D eigenvalue weighted by atomic mass is 19.1. The Hall–Kier alpha value is -1.49. The van der Waals surface area contributed by atoms with E-state index in [1.807, 2.05) is 7.05 Å². The first-order valence-corrected chi connectivity index (χ1v) is 5.62. The van der Waals surface area contributed by atoms with Gasteiger partial charge in [-0.15, -0.1) is 0 Å². The summed E-state index contributed by atoms with van der Waals surface area (Å²) < 4.78 is 26.6. The SMILES string of the molecule is CCN(C)CCc1[nH]nc2cc(F)cc(F)c12. The quantitative estimate of drug-likeness (QED) is 0.888. The third-order valence-electron chi connectivity index (χ3n) is 2.93. The van der Waals surface area contributed by atoms with Crippen LogP contribution < -0.4 is 0 Å². The molecule has 5 heteroatoms. The van der Waals surface area contributed by atoms with Gasteiger partial charge in [-0.1, -0.05) is 6.92 Å². The molecule has 0 radical (unpaired) electrons. The molecule has 1 N–H and O–H groups in total. The fourth-order valence-electron chi connectivity index (χ4n) is 1.77. The molecule has 0 aliphatic rings. The third kappa shape index (κ3) is 2.44. The molecule has 2 rings (SSSR count). The van der Waals surface area contributed by atoms with Crippen LogP contribution in [0.5, 0.6) is 0 Å². The number of H-pyrrole nitrogens is 1. The highest BCUT2D eigenvalue weighted by molar-refractivity contribution is 5.82. The third-order valence-corrected chi connectivity index (χ3v) is 2.93. The number of nitrogens with one attached hydrogen (secondary N) is 1. The lowest BCUT2D eigenvalue weighted by molar-refractivity contribution is 0.356. The average Bonchev–Trinajstić information content (AvgIpc) is 2.69. The Balaban J connectivity index is 2.29. The summed E-state index contributed by atoms with van der Waals surface area (Å²) in [6.45, 7) is 3.80. The van der Waals surface area contributed by atoms with E-state index in [0.29, 0.717) is 17.3 Å². The van der Waals surface area contributed by atoms with E-state index in [-0.39, 0.29) is 0 Å². The minimum absolute atomic E-state index is 0.344. The molecule has 0 saturated carbocycles. The predicted octanol–water partition coefficient (Wildman–Crippen LogP) is 2.34. The predicted molar refractivity (Wildman–Crippen MR) is 62.9 cm³/mol. The van der Waals surface area contributed by atoms with E-state index in [2.05, 4.69) is 22.0 Å². The molecule has 0 fully saturated rings. The van der Waals surface area contributed by atoms with Gasteiger partial charge in [0.15, 0.2) is 0 Å². The maximum absolute atomic E-state index is 13.6. The molecule has 0 aliphatic carbocycles. The lowest BCUT2D eigenvalue weighted by Crippen LogP contribution is -2.20. The van der Waals surface area contributed by atoms with E-state index in [0.717, 1.165) is 24.8 Å². The van der Waals surface area contributed by atoms with Crippen molar-refractivity contribution in [2.75, 3.05) is 20.1 Å². The minimum Gasteiger partial charge on any atom is -0.306 e. The highest BCUT2D eigenvalue weighted by Crippen LogP contribution is 2.21. The monoisotopic (exact) mass is 239 g/mol. The van der Waals surface area contributed by atoms with E-state index in [4.69, 9.17) is 0 Å². The number of nitrogens with zero attached hydrogens (tertiary/aromatic N) is 2. The molecular formula is C12H15F2N3. The summed E-state index contributed by atoms with van der Waals surface area (Å²) in [5, 5.41) is 7.10. The van der Waals surface area contributed by atoms with Crippen LogP contribution in [0.3, 0.4) is 0 Å². The molecule has 3 nitrogen and oxygen atoms in total. The fourth-order valence-corrected chi connectivity index (χ4v) is 1.77. The summed E-state index contributed by atoms with van der Waals surface area (Å²) in [4.78, 5) is 2.12. The summed E-state index contributed by atoms with van der Waals surface area (Å²) in [5.41, 5.74) is 1.06. The van der Waals surface area contributed by atoms with Crippen LogP contribution in [0.4, 0.5) is 8.78 Å². The number of hydrogen-bond acceptors (Lipinski definition) is 2. The van der Waals surface area contributed by atoms with Crippen molar-refractivity contribution in [3.63, 3.8) is 0 Å². The van der Waals surface area contributed by atoms with Gasteiger partial charge in [0.05, 0.1) is 10.9 Å². The van der Waals surface area contributed by atoms with Crippen LogP contribution in [-0.4, -0.2) is 35.2 Å². The molecule has 0 aliphatic heterocycles. The first kappa shape index (κ1) is 12.0. The molecule has 17 heavy (non-hydrogen) atoms. The van der Waals surface area contributed by atoms with Crippen LogP contribution in [-0.2, 0) is 6.42 Å². The maximum atomic E-state index is 13.6. The van der Waals surface area contributed by atoms with Crippen LogP contribution >= 0.6 is 0 Å². The highest BCUT2D eigenvalue weighted by Gasteiger charge is 2.12. The standard InChI is InChI=1S/C12H15F2N3/c1-3-17(2)5-4-10-12-9(14)6-8(13)7-11(12)16-15-10/h6-7H,3-5H2,1-2H3,(H,15,16). The molecule has 0 spiro atoms. The zero-order valence-electron chi connectivity index (χ0n) is 9.93. The van der Waals surface area contributed by atoms with Gasteiger partial charge in [0.2, 0.25) is 0 Å². The normalized spacial score (nSPS) is 11.6. The molecule has 0 amide bonds. The molecular weight excluding hydrogens is 224 g/mol. The number of hydrogen-bond donors (Lipinski definition) is 1. The summed E-state index contributed by atoms with van der Waals surface area (Å²) in [6, 6.07) is 2.13. The summed E-state index contributed by atoms with van der Waals surface area (Å²) >= 11 is 0. The number of aromatic nitrogens is 2. The molecule has 0 unspecified atom stereocenters. The number of rotatable bonds is 4. The fraction of sp³-hybridized carbons (Fsp3) is 0.417. The van der Waals surface area contributed by atoms with Gasteiger partial charge < -0.3 is 4.90 Å².